The van der Waals surface area contributed by atoms with Gasteiger partial charge in [-0.1, -0.05) is 6.92 Å². The maximum absolute atomic E-state index is 11.1. The Morgan fingerprint density at radius 3 is 3.06 bits per heavy atom. The molecule has 0 saturated heterocycles. The number of carbonyl (C=O) groups is 1. The molecule has 0 amide bonds. The van der Waals surface area contributed by atoms with E-state index in [-0.39, 0.29) is 12.0 Å². The van der Waals surface area contributed by atoms with Crippen molar-refractivity contribution >= 4 is 5.97 Å². The third kappa shape index (κ3) is 3.66. The lowest BCUT2D eigenvalue weighted by Gasteiger charge is -2.09. The molecular formula is C11H19N3O2. The molecule has 0 radical (unpaired) electrons. The predicted molar refractivity (Wildman–Crippen MR) is 60.8 cm³/mol. The summed E-state index contributed by atoms with van der Waals surface area (Å²) < 4.78 is 6.52. The van der Waals surface area contributed by atoms with Gasteiger partial charge < -0.3 is 10.1 Å². The Balaban J connectivity index is 2.39. The van der Waals surface area contributed by atoms with E-state index in [4.69, 9.17) is 0 Å². The summed E-state index contributed by atoms with van der Waals surface area (Å²) in [5, 5.41) is 7.29. The van der Waals surface area contributed by atoms with Crippen LogP contribution in [0.1, 0.15) is 25.8 Å². The van der Waals surface area contributed by atoms with Gasteiger partial charge in [0, 0.05) is 24.8 Å². The Kier molecular flexibility index (Phi) is 4.98. The SMILES string of the molecule is CCCn1cc(CN[C@@H](C)C(=O)OC)cn1. The van der Waals surface area contributed by atoms with E-state index < -0.39 is 0 Å². The van der Waals surface area contributed by atoms with Crippen LogP contribution in [-0.2, 0) is 22.6 Å². The summed E-state index contributed by atoms with van der Waals surface area (Å²) in [6, 6.07) is -0.292. The zero-order chi connectivity index (χ0) is 12.0. The van der Waals surface area contributed by atoms with Crippen LogP contribution in [0.25, 0.3) is 0 Å². The van der Waals surface area contributed by atoms with Gasteiger partial charge in [0.1, 0.15) is 6.04 Å². The maximum Gasteiger partial charge on any atom is 0.322 e. The minimum atomic E-state index is -0.292. The van der Waals surface area contributed by atoms with Crippen molar-refractivity contribution in [1.29, 1.82) is 0 Å². The van der Waals surface area contributed by atoms with Crippen LogP contribution in [0.15, 0.2) is 12.4 Å². The highest BCUT2D eigenvalue weighted by Crippen LogP contribution is 1.99. The third-order valence-corrected chi connectivity index (χ3v) is 2.31. The number of nitrogens with one attached hydrogen (secondary N) is 1. The number of hydrogen-bond donors (Lipinski definition) is 1. The number of methoxy groups -OCH3 is 1. The minimum Gasteiger partial charge on any atom is -0.468 e. The van der Waals surface area contributed by atoms with Gasteiger partial charge in [0.15, 0.2) is 0 Å². The maximum atomic E-state index is 11.1. The highest BCUT2D eigenvalue weighted by atomic mass is 16.5. The summed E-state index contributed by atoms with van der Waals surface area (Å²) in [5.41, 5.74) is 1.07. The van der Waals surface area contributed by atoms with Crippen molar-refractivity contribution in [2.45, 2.75) is 39.4 Å². The molecule has 1 N–H and O–H groups in total. The number of hydrogen-bond acceptors (Lipinski definition) is 4. The molecule has 90 valence electrons. The van der Waals surface area contributed by atoms with Crippen LogP contribution < -0.4 is 5.32 Å². The summed E-state index contributed by atoms with van der Waals surface area (Å²) in [4.78, 5) is 11.1. The molecule has 0 aliphatic carbocycles. The summed E-state index contributed by atoms with van der Waals surface area (Å²) in [6.07, 6.45) is 4.86. The molecule has 0 aliphatic heterocycles. The molecule has 1 atom stereocenters. The zero-order valence-electron chi connectivity index (χ0n) is 10.1. The largest absolute Gasteiger partial charge is 0.468 e. The number of esters is 1. The Bertz CT molecular complexity index is 336. The second-order valence-corrected chi connectivity index (χ2v) is 3.74. The number of nitrogens with zero attached hydrogens (tertiary/aromatic N) is 2. The molecule has 0 aliphatic rings. The highest BCUT2D eigenvalue weighted by molar-refractivity contribution is 5.75. The average molecular weight is 225 g/mol. The number of aromatic nitrogens is 2. The predicted octanol–water partition coefficient (Wildman–Crippen LogP) is 0.944. The molecule has 0 spiro atoms. The Labute approximate surface area is 95.8 Å². The van der Waals surface area contributed by atoms with Crippen molar-refractivity contribution < 1.29 is 9.53 Å². The van der Waals surface area contributed by atoms with Crippen molar-refractivity contribution in [3.05, 3.63) is 18.0 Å². The molecule has 1 aromatic heterocycles. The van der Waals surface area contributed by atoms with Crippen LogP contribution in [0.4, 0.5) is 0 Å². The molecule has 5 nitrogen and oxygen atoms in total. The van der Waals surface area contributed by atoms with Crippen molar-refractivity contribution in [1.82, 2.24) is 15.1 Å². The first kappa shape index (κ1) is 12.7. The summed E-state index contributed by atoms with van der Waals surface area (Å²) >= 11 is 0. The fourth-order valence-corrected chi connectivity index (χ4v) is 1.38. The van der Waals surface area contributed by atoms with E-state index in [1.54, 1.807) is 6.92 Å². The van der Waals surface area contributed by atoms with E-state index in [0.29, 0.717) is 6.54 Å². The van der Waals surface area contributed by atoms with Crippen molar-refractivity contribution in [3.63, 3.8) is 0 Å². The summed E-state index contributed by atoms with van der Waals surface area (Å²) in [6.45, 7) is 5.44. The van der Waals surface area contributed by atoms with Gasteiger partial charge in [0.2, 0.25) is 0 Å². The number of rotatable bonds is 6. The number of aryl methyl sites for hydroxylation is 1. The second kappa shape index (κ2) is 6.27. The van der Waals surface area contributed by atoms with Crippen molar-refractivity contribution in [2.24, 2.45) is 0 Å². The van der Waals surface area contributed by atoms with Crippen molar-refractivity contribution in [2.75, 3.05) is 7.11 Å². The molecule has 0 aromatic carbocycles. The van der Waals surface area contributed by atoms with Gasteiger partial charge in [0.05, 0.1) is 13.3 Å². The van der Waals surface area contributed by atoms with E-state index >= 15 is 0 Å². The monoisotopic (exact) mass is 225 g/mol. The first-order valence-electron chi connectivity index (χ1n) is 5.50. The lowest BCUT2D eigenvalue weighted by molar-refractivity contribution is -0.142. The molecule has 0 bridgehead atoms. The topological polar surface area (TPSA) is 56.2 Å². The quantitative estimate of drug-likeness (QED) is 0.732. The van der Waals surface area contributed by atoms with E-state index in [1.165, 1.54) is 7.11 Å². The first-order chi connectivity index (χ1) is 7.67. The normalized spacial score (nSPS) is 12.4. The lowest BCUT2D eigenvalue weighted by Crippen LogP contribution is -2.34. The van der Waals surface area contributed by atoms with E-state index in [1.807, 2.05) is 17.1 Å². The van der Waals surface area contributed by atoms with Crippen LogP contribution in [-0.4, -0.2) is 28.9 Å². The van der Waals surface area contributed by atoms with Crippen LogP contribution in [0.3, 0.4) is 0 Å². The Hall–Kier alpha value is -1.36. The highest BCUT2D eigenvalue weighted by Gasteiger charge is 2.11. The van der Waals surface area contributed by atoms with Gasteiger partial charge in [0.25, 0.3) is 0 Å². The fourth-order valence-electron chi connectivity index (χ4n) is 1.38. The summed E-state index contributed by atoms with van der Waals surface area (Å²) in [7, 11) is 1.39. The van der Waals surface area contributed by atoms with Gasteiger partial charge in [-0.25, -0.2) is 0 Å². The van der Waals surface area contributed by atoms with E-state index in [2.05, 4.69) is 22.1 Å². The molecule has 1 rings (SSSR count). The van der Waals surface area contributed by atoms with Crippen LogP contribution in [0.2, 0.25) is 0 Å². The summed E-state index contributed by atoms with van der Waals surface area (Å²) in [5.74, 6) is -0.249. The van der Waals surface area contributed by atoms with Gasteiger partial charge in [-0.05, 0) is 13.3 Å². The number of ether oxygens (including phenoxy) is 1. The minimum absolute atomic E-state index is 0.249. The molecule has 0 fully saturated rings. The zero-order valence-corrected chi connectivity index (χ0v) is 10.1. The molecule has 16 heavy (non-hydrogen) atoms. The average Bonchev–Trinajstić information content (AvgIpc) is 2.73. The molecular weight excluding hydrogens is 206 g/mol. The Morgan fingerprint density at radius 1 is 1.69 bits per heavy atom. The standard InChI is InChI=1S/C11H19N3O2/c1-4-5-14-8-10(7-13-14)6-12-9(2)11(15)16-3/h7-9,12H,4-6H2,1-3H3/t9-/m0/s1. The van der Waals surface area contributed by atoms with Crippen LogP contribution in [0.5, 0.6) is 0 Å². The van der Waals surface area contributed by atoms with Crippen LogP contribution >= 0.6 is 0 Å². The molecule has 1 heterocycles. The molecule has 1 aromatic rings. The smallest absolute Gasteiger partial charge is 0.322 e. The van der Waals surface area contributed by atoms with E-state index in [0.717, 1.165) is 18.5 Å². The number of carbonyl (C=O) groups excluding carboxylic acids is 1. The van der Waals surface area contributed by atoms with Gasteiger partial charge >= 0.3 is 5.97 Å². The molecule has 0 unspecified atom stereocenters. The molecule has 5 heteroatoms. The van der Waals surface area contributed by atoms with E-state index in [9.17, 15) is 4.79 Å². The van der Waals surface area contributed by atoms with Crippen LogP contribution in [0, 0.1) is 0 Å². The van der Waals surface area contributed by atoms with Gasteiger partial charge in [-0.3, -0.25) is 9.48 Å². The fraction of sp³-hybridized carbons (Fsp3) is 0.636. The first-order valence-corrected chi connectivity index (χ1v) is 5.50. The lowest BCUT2D eigenvalue weighted by atomic mass is 10.3. The van der Waals surface area contributed by atoms with Crippen molar-refractivity contribution in [3.8, 4) is 0 Å². The third-order valence-electron chi connectivity index (χ3n) is 2.31. The Morgan fingerprint density at radius 2 is 2.44 bits per heavy atom. The van der Waals surface area contributed by atoms with Gasteiger partial charge in [-0.2, -0.15) is 5.10 Å². The molecule has 0 saturated carbocycles. The second-order valence-electron chi connectivity index (χ2n) is 3.74. The van der Waals surface area contributed by atoms with Gasteiger partial charge in [-0.15, -0.1) is 0 Å².